The van der Waals surface area contributed by atoms with Crippen LogP contribution in [-0.4, -0.2) is 30.8 Å². The molecule has 2 N–H and O–H groups in total. The molecule has 4 nitrogen and oxygen atoms in total. The van der Waals surface area contributed by atoms with E-state index in [-0.39, 0.29) is 11.9 Å². The minimum absolute atomic E-state index is 0.0873. The van der Waals surface area contributed by atoms with Crippen LogP contribution in [0.4, 0.5) is 9.18 Å². The number of hydrogen-bond donors (Lipinski definition) is 2. The number of benzene rings is 1. The average molecular weight is 296 g/mol. The first-order valence-electron chi connectivity index (χ1n) is 7.21. The maximum absolute atomic E-state index is 13.4. The van der Waals surface area contributed by atoms with Gasteiger partial charge in [0.25, 0.3) is 0 Å². The van der Waals surface area contributed by atoms with Gasteiger partial charge < -0.3 is 15.4 Å². The third kappa shape index (κ3) is 7.66. The van der Waals surface area contributed by atoms with Crippen molar-refractivity contribution in [3.05, 3.63) is 35.6 Å². The SMILES string of the molecule is CC(CNC(=O)OC(C)(C)C)NCCc1ccccc1F. The minimum Gasteiger partial charge on any atom is -0.444 e. The maximum atomic E-state index is 13.4. The molecule has 1 aromatic carbocycles. The van der Waals surface area contributed by atoms with Crippen molar-refractivity contribution in [3.63, 3.8) is 0 Å². The standard InChI is InChI=1S/C16H25FN2O2/c1-12(11-19-15(20)21-16(2,3)4)18-10-9-13-7-5-6-8-14(13)17/h5-8,12,18H,9-11H2,1-4H3,(H,19,20). The van der Waals surface area contributed by atoms with Crippen LogP contribution in [0.1, 0.15) is 33.3 Å². The van der Waals surface area contributed by atoms with E-state index in [4.69, 9.17) is 4.74 Å². The summed E-state index contributed by atoms with van der Waals surface area (Å²) in [5.41, 5.74) is 0.197. The molecule has 0 bridgehead atoms. The van der Waals surface area contributed by atoms with Crippen LogP contribution in [0.15, 0.2) is 24.3 Å². The third-order valence-electron chi connectivity index (χ3n) is 2.80. The molecular weight excluding hydrogens is 271 g/mol. The Kier molecular flexibility index (Phi) is 6.62. The van der Waals surface area contributed by atoms with Crippen molar-refractivity contribution in [1.29, 1.82) is 0 Å². The largest absolute Gasteiger partial charge is 0.444 e. The Labute approximate surface area is 126 Å². The van der Waals surface area contributed by atoms with Crippen LogP contribution in [0.5, 0.6) is 0 Å². The monoisotopic (exact) mass is 296 g/mol. The second kappa shape index (κ2) is 7.98. The van der Waals surface area contributed by atoms with Crippen LogP contribution in [0.2, 0.25) is 0 Å². The van der Waals surface area contributed by atoms with Crippen LogP contribution in [0.3, 0.4) is 0 Å². The average Bonchev–Trinajstić information content (AvgIpc) is 2.37. The molecule has 0 aliphatic rings. The fourth-order valence-electron chi connectivity index (χ4n) is 1.78. The topological polar surface area (TPSA) is 50.4 Å². The van der Waals surface area contributed by atoms with Crippen LogP contribution in [0.25, 0.3) is 0 Å². The highest BCUT2D eigenvalue weighted by molar-refractivity contribution is 5.67. The van der Waals surface area contributed by atoms with Crippen molar-refractivity contribution in [2.75, 3.05) is 13.1 Å². The zero-order valence-electron chi connectivity index (χ0n) is 13.2. The van der Waals surface area contributed by atoms with E-state index in [0.29, 0.717) is 25.1 Å². The molecule has 0 saturated heterocycles. The zero-order chi connectivity index (χ0) is 15.9. The van der Waals surface area contributed by atoms with Crippen LogP contribution in [-0.2, 0) is 11.2 Å². The molecule has 1 aromatic rings. The van der Waals surface area contributed by atoms with E-state index in [1.54, 1.807) is 12.1 Å². The number of nitrogens with one attached hydrogen (secondary N) is 2. The van der Waals surface area contributed by atoms with E-state index in [1.165, 1.54) is 6.07 Å². The van der Waals surface area contributed by atoms with Crippen LogP contribution in [0, 0.1) is 5.82 Å². The summed E-state index contributed by atoms with van der Waals surface area (Å²) in [6.45, 7) is 8.54. The lowest BCUT2D eigenvalue weighted by Crippen LogP contribution is -2.41. The summed E-state index contributed by atoms with van der Waals surface area (Å²) in [7, 11) is 0. The van der Waals surface area contributed by atoms with Crippen molar-refractivity contribution in [2.24, 2.45) is 0 Å². The second-order valence-corrected chi connectivity index (χ2v) is 6.08. The number of amides is 1. The van der Waals surface area contributed by atoms with Crippen molar-refractivity contribution in [2.45, 2.75) is 45.8 Å². The molecule has 21 heavy (non-hydrogen) atoms. The predicted molar refractivity (Wildman–Crippen MR) is 81.8 cm³/mol. The molecule has 118 valence electrons. The molecule has 0 aliphatic heterocycles. The van der Waals surface area contributed by atoms with Gasteiger partial charge in [-0.3, -0.25) is 0 Å². The Hall–Kier alpha value is -1.62. The highest BCUT2D eigenvalue weighted by atomic mass is 19.1. The van der Waals surface area contributed by atoms with E-state index in [0.717, 1.165) is 0 Å². The van der Waals surface area contributed by atoms with Crippen molar-refractivity contribution >= 4 is 6.09 Å². The third-order valence-corrected chi connectivity index (χ3v) is 2.80. The molecule has 0 radical (unpaired) electrons. The summed E-state index contributed by atoms with van der Waals surface area (Å²) in [5, 5.41) is 5.94. The molecule has 1 rings (SSSR count). The van der Waals surface area contributed by atoms with Gasteiger partial charge in [-0.05, 0) is 52.3 Å². The first-order chi connectivity index (χ1) is 9.78. The highest BCUT2D eigenvalue weighted by Gasteiger charge is 2.16. The number of carbonyl (C=O) groups is 1. The van der Waals surface area contributed by atoms with Gasteiger partial charge in [-0.15, -0.1) is 0 Å². The Morgan fingerprint density at radius 3 is 2.62 bits per heavy atom. The fourth-order valence-corrected chi connectivity index (χ4v) is 1.78. The minimum atomic E-state index is -0.494. The molecular formula is C16H25FN2O2. The number of ether oxygens (including phenoxy) is 1. The Balaban J connectivity index is 2.21. The van der Waals surface area contributed by atoms with Gasteiger partial charge in [0.05, 0.1) is 0 Å². The molecule has 0 saturated carbocycles. The number of alkyl carbamates (subject to hydrolysis) is 1. The van der Waals surface area contributed by atoms with Gasteiger partial charge >= 0.3 is 6.09 Å². The molecule has 0 aromatic heterocycles. The van der Waals surface area contributed by atoms with E-state index in [2.05, 4.69) is 10.6 Å². The number of hydrogen-bond acceptors (Lipinski definition) is 3. The molecule has 5 heteroatoms. The number of rotatable bonds is 6. The lowest BCUT2D eigenvalue weighted by Gasteiger charge is -2.21. The first kappa shape index (κ1) is 17.4. The first-order valence-corrected chi connectivity index (χ1v) is 7.21. The van der Waals surface area contributed by atoms with Crippen molar-refractivity contribution < 1.29 is 13.9 Å². The van der Waals surface area contributed by atoms with Gasteiger partial charge in [0, 0.05) is 12.6 Å². The van der Waals surface area contributed by atoms with E-state index < -0.39 is 11.7 Å². The highest BCUT2D eigenvalue weighted by Crippen LogP contribution is 2.07. The van der Waals surface area contributed by atoms with E-state index in [9.17, 15) is 9.18 Å². The Bertz CT molecular complexity index is 458. The van der Waals surface area contributed by atoms with Gasteiger partial charge in [0.2, 0.25) is 0 Å². The molecule has 0 spiro atoms. The van der Waals surface area contributed by atoms with Crippen molar-refractivity contribution in [1.82, 2.24) is 10.6 Å². The number of halogens is 1. The lowest BCUT2D eigenvalue weighted by atomic mass is 10.1. The van der Waals surface area contributed by atoms with Gasteiger partial charge in [0.1, 0.15) is 11.4 Å². The summed E-state index contributed by atoms with van der Waals surface area (Å²) in [6, 6.07) is 6.83. The van der Waals surface area contributed by atoms with E-state index >= 15 is 0 Å². The Morgan fingerprint density at radius 2 is 2.00 bits per heavy atom. The van der Waals surface area contributed by atoms with Crippen LogP contribution < -0.4 is 10.6 Å². The van der Waals surface area contributed by atoms with Gasteiger partial charge in [-0.1, -0.05) is 18.2 Å². The Morgan fingerprint density at radius 1 is 1.33 bits per heavy atom. The smallest absolute Gasteiger partial charge is 0.407 e. The molecule has 0 fully saturated rings. The molecule has 1 atom stereocenters. The van der Waals surface area contributed by atoms with Gasteiger partial charge in [-0.25, -0.2) is 9.18 Å². The molecule has 0 aliphatic carbocycles. The van der Waals surface area contributed by atoms with Gasteiger partial charge in [0.15, 0.2) is 0 Å². The maximum Gasteiger partial charge on any atom is 0.407 e. The fraction of sp³-hybridized carbons (Fsp3) is 0.562. The summed E-state index contributed by atoms with van der Waals surface area (Å²) >= 11 is 0. The predicted octanol–water partition coefficient (Wildman–Crippen LogP) is 2.87. The molecule has 0 heterocycles. The van der Waals surface area contributed by atoms with Gasteiger partial charge in [-0.2, -0.15) is 0 Å². The van der Waals surface area contributed by atoms with Crippen molar-refractivity contribution in [3.8, 4) is 0 Å². The normalized spacial score (nSPS) is 12.8. The molecule has 1 amide bonds. The summed E-state index contributed by atoms with van der Waals surface area (Å²) < 4.78 is 18.6. The molecule has 1 unspecified atom stereocenters. The summed E-state index contributed by atoms with van der Waals surface area (Å²) in [6.07, 6.45) is 0.189. The lowest BCUT2D eigenvalue weighted by molar-refractivity contribution is 0.0523. The summed E-state index contributed by atoms with van der Waals surface area (Å²) in [4.78, 5) is 11.5. The number of carbonyl (C=O) groups excluding carboxylic acids is 1. The van der Waals surface area contributed by atoms with Crippen LogP contribution >= 0.6 is 0 Å². The van der Waals surface area contributed by atoms with E-state index in [1.807, 2.05) is 33.8 Å². The zero-order valence-corrected chi connectivity index (χ0v) is 13.2. The summed E-state index contributed by atoms with van der Waals surface area (Å²) in [5.74, 6) is -0.182. The second-order valence-electron chi connectivity index (χ2n) is 6.08. The quantitative estimate of drug-likeness (QED) is 0.848.